The summed E-state index contributed by atoms with van der Waals surface area (Å²) in [4.78, 5) is 0. The van der Waals surface area contributed by atoms with Gasteiger partial charge < -0.3 is 5.11 Å². The van der Waals surface area contributed by atoms with E-state index in [1.807, 2.05) is 6.07 Å². The number of hydrogen-bond acceptors (Lipinski definition) is 2. The van der Waals surface area contributed by atoms with Crippen molar-refractivity contribution in [1.82, 2.24) is 9.78 Å². The van der Waals surface area contributed by atoms with E-state index in [-0.39, 0.29) is 18.3 Å². The quantitative estimate of drug-likeness (QED) is 0.883. The maximum absolute atomic E-state index is 13.3. The fraction of sp³-hybridized carbons (Fsp3) is 0.357. The Balaban J connectivity index is 2.07. The summed E-state index contributed by atoms with van der Waals surface area (Å²) in [7, 11) is 0. The second-order valence-corrected chi connectivity index (χ2v) is 4.71. The normalized spacial score (nSPS) is 18.7. The van der Waals surface area contributed by atoms with Crippen LogP contribution in [-0.2, 0) is 6.42 Å². The second-order valence-electron chi connectivity index (χ2n) is 4.71. The summed E-state index contributed by atoms with van der Waals surface area (Å²) in [5.74, 6) is -0.0812. The molecule has 1 atom stereocenters. The highest BCUT2D eigenvalue weighted by Gasteiger charge is 2.24. The van der Waals surface area contributed by atoms with Crippen LogP contribution in [0.1, 0.15) is 30.0 Å². The van der Waals surface area contributed by atoms with Gasteiger partial charge in [-0.25, -0.2) is 9.07 Å². The van der Waals surface area contributed by atoms with Crippen molar-refractivity contribution >= 4 is 0 Å². The van der Waals surface area contributed by atoms with Crippen molar-refractivity contribution in [3.8, 4) is 5.69 Å². The van der Waals surface area contributed by atoms with Crippen LogP contribution in [0, 0.1) is 5.82 Å². The molecule has 1 aromatic carbocycles. The highest BCUT2D eigenvalue weighted by atomic mass is 19.1. The molecule has 0 fully saturated rings. The van der Waals surface area contributed by atoms with Gasteiger partial charge in [-0.1, -0.05) is 6.07 Å². The Hall–Kier alpha value is -1.68. The summed E-state index contributed by atoms with van der Waals surface area (Å²) < 4.78 is 15.0. The van der Waals surface area contributed by atoms with Crippen molar-refractivity contribution in [2.24, 2.45) is 0 Å². The fourth-order valence-corrected chi connectivity index (χ4v) is 2.67. The number of hydrogen-bond donors (Lipinski definition) is 1. The van der Waals surface area contributed by atoms with Gasteiger partial charge in [-0.05, 0) is 43.0 Å². The Morgan fingerprint density at radius 2 is 2.33 bits per heavy atom. The third kappa shape index (κ3) is 1.82. The zero-order valence-corrected chi connectivity index (χ0v) is 10.0. The van der Waals surface area contributed by atoms with Crippen LogP contribution in [0.15, 0.2) is 30.5 Å². The smallest absolute Gasteiger partial charge is 0.125 e. The summed E-state index contributed by atoms with van der Waals surface area (Å²) in [5.41, 5.74) is 2.95. The minimum absolute atomic E-state index is 0.155. The van der Waals surface area contributed by atoms with Gasteiger partial charge in [0, 0.05) is 11.6 Å². The van der Waals surface area contributed by atoms with Crippen molar-refractivity contribution in [2.75, 3.05) is 6.61 Å². The topological polar surface area (TPSA) is 38.1 Å². The molecule has 1 heterocycles. The Morgan fingerprint density at radius 3 is 3.11 bits per heavy atom. The van der Waals surface area contributed by atoms with E-state index in [0.717, 1.165) is 36.2 Å². The predicted molar refractivity (Wildman–Crippen MR) is 66.3 cm³/mol. The van der Waals surface area contributed by atoms with Crippen molar-refractivity contribution in [3.63, 3.8) is 0 Å². The molecule has 0 radical (unpaired) electrons. The fourth-order valence-electron chi connectivity index (χ4n) is 2.67. The molecule has 0 saturated heterocycles. The predicted octanol–water partition coefficient (Wildman–Crippen LogP) is 2.42. The van der Waals surface area contributed by atoms with E-state index < -0.39 is 0 Å². The van der Waals surface area contributed by atoms with Crippen molar-refractivity contribution in [1.29, 1.82) is 0 Å². The SMILES string of the molecule is OCC1CCCc2c1cnn2-c1cccc(F)c1. The van der Waals surface area contributed by atoms with Gasteiger partial charge in [0.2, 0.25) is 0 Å². The van der Waals surface area contributed by atoms with E-state index in [0.29, 0.717) is 0 Å². The molecule has 0 amide bonds. The number of benzene rings is 1. The summed E-state index contributed by atoms with van der Waals surface area (Å²) in [5, 5.41) is 13.7. The number of fused-ring (bicyclic) bond motifs is 1. The van der Waals surface area contributed by atoms with E-state index in [1.165, 1.54) is 12.1 Å². The Kier molecular flexibility index (Phi) is 2.88. The van der Waals surface area contributed by atoms with Gasteiger partial charge in [0.15, 0.2) is 0 Å². The van der Waals surface area contributed by atoms with Crippen molar-refractivity contribution in [2.45, 2.75) is 25.2 Å². The number of aliphatic hydroxyl groups is 1. The largest absolute Gasteiger partial charge is 0.396 e. The van der Waals surface area contributed by atoms with Crippen LogP contribution in [0.5, 0.6) is 0 Å². The molecule has 18 heavy (non-hydrogen) atoms. The average molecular weight is 246 g/mol. The first-order valence-electron chi connectivity index (χ1n) is 6.23. The number of aromatic nitrogens is 2. The maximum atomic E-state index is 13.3. The highest BCUT2D eigenvalue weighted by Crippen LogP contribution is 2.32. The summed E-state index contributed by atoms with van der Waals surface area (Å²) in [6.07, 6.45) is 4.78. The third-order valence-corrected chi connectivity index (χ3v) is 3.58. The van der Waals surface area contributed by atoms with Gasteiger partial charge in [0.1, 0.15) is 5.82 Å². The molecule has 3 rings (SSSR count). The average Bonchev–Trinajstić information content (AvgIpc) is 2.82. The van der Waals surface area contributed by atoms with Crippen LogP contribution < -0.4 is 0 Å². The zero-order chi connectivity index (χ0) is 12.5. The Bertz CT molecular complexity index is 565. The molecule has 1 aliphatic carbocycles. The van der Waals surface area contributed by atoms with E-state index in [1.54, 1.807) is 16.9 Å². The van der Waals surface area contributed by atoms with E-state index in [2.05, 4.69) is 5.10 Å². The molecule has 0 bridgehead atoms. The number of rotatable bonds is 2. The molecule has 1 aliphatic rings. The minimum Gasteiger partial charge on any atom is -0.396 e. The van der Waals surface area contributed by atoms with Crippen LogP contribution in [0.2, 0.25) is 0 Å². The first-order valence-corrected chi connectivity index (χ1v) is 6.23. The van der Waals surface area contributed by atoms with Crippen LogP contribution in [-0.4, -0.2) is 21.5 Å². The van der Waals surface area contributed by atoms with Crippen molar-refractivity contribution in [3.05, 3.63) is 47.5 Å². The molecule has 4 heteroatoms. The van der Waals surface area contributed by atoms with Gasteiger partial charge in [0.25, 0.3) is 0 Å². The Labute approximate surface area is 105 Å². The van der Waals surface area contributed by atoms with Crippen molar-refractivity contribution < 1.29 is 9.50 Å². The molecule has 0 aliphatic heterocycles. The number of nitrogens with zero attached hydrogens (tertiary/aromatic N) is 2. The third-order valence-electron chi connectivity index (χ3n) is 3.58. The number of aliphatic hydroxyl groups excluding tert-OH is 1. The van der Waals surface area contributed by atoms with E-state index >= 15 is 0 Å². The molecule has 94 valence electrons. The Morgan fingerprint density at radius 1 is 1.44 bits per heavy atom. The molecular formula is C14H15FN2O. The first kappa shape index (κ1) is 11.4. The summed E-state index contributed by atoms with van der Waals surface area (Å²) in [6, 6.07) is 6.44. The van der Waals surface area contributed by atoms with Gasteiger partial charge in [-0.2, -0.15) is 5.10 Å². The minimum atomic E-state index is -0.258. The van der Waals surface area contributed by atoms with E-state index in [9.17, 15) is 9.50 Å². The lowest BCUT2D eigenvalue weighted by atomic mass is 9.87. The van der Waals surface area contributed by atoms with Crippen LogP contribution in [0.3, 0.4) is 0 Å². The van der Waals surface area contributed by atoms with Gasteiger partial charge in [0.05, 0.1) is 18.5 Å². The van der Waals surface area contributed by atoms with Gasteiger partial charge in [-0.3, -0.25) is 0 Å². The number of halogens is 1. The molecule has 0 spiro atoms. The lowest BCUT2D eigenvalue weighted by Crippen LogP contribution is -2.14. The lowest BCUT2D eigenvalue weighted by molar-refractivity contribution is 0.252. The second kappa shape index (κ2) is 4.53. The lowest BCUT2D eigenvalue weighted by Gasteiger charge is -2.21. The van der Waals surface area contributed by atoms with Crippen LogP contribution in [0.4, 0.5) is 4.39 Å². The molecule has 1 unspecified atom stereocenters. The standard InChI is InChI=1S/C14H15FN2O/c15-11-4-2-5-12(7-11)17-14-6-1-3-10(9-18)13(14)8-16-17/h2,4-5,7-8,10,18H,1,3,6,9H2. The molecule has 3 nitrogen and oxygen atoms in total. The molecule has 0 saturated carbocycles. The molecule has 1 N–H and O–H groups in total. The molecule has 1 aromatic heterocycles. The first-order chi connectivity index (χ1) is 8.79. The van der Waals surface area contributed by atoms with Crippen LogP contribution in [0.25, 0.3) is 5.69 Å². The van der Waals surface area contributed by atoms with E-state index in [4.69, 9.17) is 0 Å². The molecule has 2 aromatic rings. The van der Waals surface area contributed by atoms with Gasteiger partial charge >= 0.3 is 0 Å². The molecular weight excluding hydrogens is 231 g/mol. The highest BCUT2D eigenvalue weighted by molar-refractivity contribution is 5.37. The summed E-state index contributed by atoms with van der Waals surface area (Å²) >= 11 is 0. The van der Waals surface area contributed by atoms with Crippen LogP contribution >= 0.6 is 0 Å². The summed E-state index contributed by atoms with van der Waals surface area (Å²) in [6.45, 7) is 0.155. The zero-order valence-electron chi connectivity index (χ0n) is 10.0. The maximum Gasteiger partial charge on any atom is 0.125 e. The monoisotopic (exact) mass is 246 g/mol. The van der Waals surface area contributed by atoms with Gasteiger partial charge in [-0.15, -0.1) is 0 Å².